The van der Waals surface area contributed by atoms with Crippen molar-refractivity contribution in [3.8, 4) is 0 Å². The van der Waals surface area contributed by atoms with Gasteiger partial charge in [0.25, 0.3) is 0 Å². The van der Waals surface area contributed by atoms with Crippen LogP contribution in [-0.2, 0) is 14.3 Å². The van der Waals surface area contributed by atoms with Crippen molar-refractivity contribution in [3.05, 3.63) is 70.2 Å². The Kier molecular flexibility index (Phi) is 4.23. The summed E-state index contributed by atoms with van der Waals surface area (Å²) in [7, 11) is 0. The molecule has 3 atom stereocenters. The molecule has 4 aliphatic rings. The molecule has 0 aromatic heterocycles. The van der Waals surface area contributed by atoms with E-state index in [-0.39, 0.29) is 23.1 Å². The molecule has 6 rings (SSSR count). The Bertz CT molecular complexity index is 1170. The molecule has 0 bridgehead atoms. The summed E-state index contributed by atoms with van der Waals surface area (Å²) in [6, 6.07) is 13.2. The van der Waals surface area contributed by atoms with Crippen molar-refractivity contribution in [2.45, 2.75) is 43.4 Å². The highest BCUT2D eigenvalue weighted by molar-refractivity contribution is 6.35. The van der Waals surface area contributed by atoms with E-state index in [1.54, 1.807) is 48.5 Å². The molecule has 6 nitrogen and oxygen atoms in total. The van der Waals surface area contributed by atoms with E-state index in [0.717, 1.165) is 25.7 Å². The van der Waals surface area contributed by atoms with Gasteiger partial charge in [0, 0.05) is 27.8 Å². The second-order valence-electron chi connectivity index (χ2n) is 8.99. The highest BCUT2D eigenvalue weighted by atomic mass is 35.5. The number of carbonyl (C=O) groups is 4. The van der Waals surface area contributed by atoms with Gasteiger partial charge in [0.1, 0.15) is 0 Å². The molecular weight excluding hydrogens is 430 g/mol. The van der Waals surface area contributed by atoms with Crippen LogP contribution >= 0.6 is 11.6 Å². The SMILES string of the molecule is O=C1[C@H]2[C@@H](c3ccccc3Cl)OC3(C(=O)c4ccccc4C3=O)[C@@H]2C(=O)N1C1CCCC1. The molecule has 2 aliphatic heterocycles. The van der Waals surface area contributed by atoms with Gasteiger partial charge in [0.05, 0.1) is 17.9 Å². The Hall–Kier alpha value is -2.83. The van der Waals surface area contributed by atoms with Crippen molar-refractivity contribution in [2.24, 2.45) is 11.8 Å². The summed E-state index contributed by atoms with van der Waals surface area (Å²) in [6.45, 7) is 0. The van der Waals surface area contributed by atoms with E-state index >= 15 is 0 Å². The fourth-order valence-electron chi connectivity index (χ4n) is 6.05. The Morgan fingerprint density at radius 3 is 2.06 bits per heavy atom. The zero-order chi connectivity index (χ0) is 22.2. The average molecular weight is 450 g/mol. The standard InChI is InChI=1S/C25H20ClNO5/c26-17-12-6-5-11-16(17)20-18-19(24(31)27(23(18)30)13-7-1-2-8-13)25(32-20)21(28)14-9-3-4-10-15(14)22(25)29/h3-6,9-13,18-20H,1-2,7-8H2/t18-,19+,20-/m1/s1. The minimum absolute atomic E-state index is 0.196. The number of hydrogen-bond donors (Lipinski definition) is 0. The minimum atomic E-state index is -2.03. The molecule has 2 aromatic carbocycles. The number of halogens is 1. The highest BCUT2D eigenvalue weighted by Gasteiger charge is 2.75. The highest BCUT2D eigenvalue weighted by Crippen LogP contribution is 2.58. The molecule has 2 aliphatic carbocycles. The van der Waals surface area contributed by atoms with Crippen LogP contribution < -0.4 is 0 Å². The van der Waals surface area contributed by atoms with Crippen LogP contribution in [0.3, 0.4) is 0 Å². The zero-order valence-electron chi connectivity index (χ0n) is 17.1. The van der Waals surface area contributed by atoms with E-state index in [2.05, 4.69) is 0 Å². The molecule has 2 aromatic rings. The van der Waals surface area contributed by atoms with Crippen molar-refractivity contribution >= 4 is 35.0 Å². The minimum Gasteiger partial charge on any atom is -0.349 e. The number of carbonyl (C=O) groups excluding carboxylic acids is 4. The maximum atomic E-state index is 13.7. The molecule has 2 amide bonds. The zero-order valence-corrected chi connectivity index (χ0v) is 17.9. The fourth-order valence-corrected chi connectivity index (χ4v) is 6.29. The number of nitrogens with zero attached hydrogens (tertiary/aromatic N) is 1. The molecule has 0 radical (unpaired) electrons. The molecule has 0 unspecified atom stereocenters. The van der Waals surface area contributed by atoms with Crippen LogP contribution in [0.4, 0.5) is 0 Å². The van der Waals surface area contributed by atoms with Crippen LogP contribution in [-0.4, -0.2) is 39.9 Å². The van der Waals surface area contributed by atoms with E-state index < -0.39 is 41.0 Å². The first kappa shape index (κ1) is 19.8. The number of likely N-dealkylation sites (tertiary alicyclic amines) is 1. The number of ketones is 2. The van der Waals surface area contributed by atoms with Gasteiger partial charge in [0.15, 0.2) is 0 Å². The number of benzene rings is 2. The van der Waals surface area contributed by atoms with Crippen molar-refractivity contribution < 1.29 is 23.9 Å². The Morgan fingerprint density at radius 1 is 0.844 bits per heavy atom. The molecule has 0 N–H and O–H groups in total. The predicted octanol–water partition coefficient (Wildman–Crippen LogP) is 3.77. The number of amides is 2. The van der Waals surface area contributed by atoms with Crippen LogP contribution in [0.2, 0.25) is 5.02 Å². The smallest absolute Gasteiger partial charge is 0.237 e. The summed E-state index contributed by atoms with van der Waals surface area (Å²) in [5.41, 5.74) is -1.06. The topological polar surface area (TPSA) is 80.8 Å². The van der Waals surface area contributed by atoms with Gasteiger partial charge in [-0.2, -0.15) is 0 Å². The van der Waals surface area contributed by atoms with Gasteiger partial charge in [-0.05, 0) is 18.9 Å². The lowest BCUT2D eigenvalue weighted by atomic mass is 9.77. The Morgan fingerprint density at radius 2 is 1.44 bits per heavy atom. The number of hydrogen-bond acceptors (Lipinski definition) is 5. The third-order valence-electron chi connectivity index (χ3n) is 7.45. The molecule has 2 saturated heterocycles. The number of Topliss-reactive ketones (excluding diaryl/α,β-unsaturated/α-hetero) is 2. The summed E-state index contributed by atoms with van der Waals surface area (Å²) in [5.74, 6) is -4.09. The van der Waals surface area contributed by atoms with E-state index in [4.69, 9.17) is 16.3 Å². The van der Waals surface area contributed by atoms with Crippen molar-refractivity contribution in [3.63, 3.8) is 0 Å². The fraction of sp³-hybridized carbons (Fsp3) is 0.360. The van der Waals surface area contributed by atoms with Gasteiger partial charge in [-0.25, -0.2) is 0 Å². The Labute approximate surface area is 189 Å². The van der Waals surface area contributed by atoms with Crippen molar-refractivity contribution in [1.82, 2.24) is 4.90 Å². The van der Waals surface area contributed by atoms with Crippen LogP contribution in [0.25, 0.3) is 0 Å². The number of fused-ring (bicyclic) bond motifs is 3. The Balaban J connectivity index is 1.54. The van der Waals surface area contributed by atoms with E-state index in [1.807, 2.05) is 0 Å². The molecule has 3 fully saturated rings. The number of imide groups is 1. The van der Waals surface area contributed by atoms with Crippen LogP contribution in [0.5, 0.6) is 0 Å². The summed E-state index contributed by atoms with van der Waals surface area (Å²) in [4.78, 5) is 56.0. The van der Waals surface area contributed by atoms with Crippen molar-refractivity contribution in [1.29, 1.82) is 0 Å². The summed E-state index contributed by atoms with van der Waals surface area (Å²) < 4.78 is 6.25. The first-order chi connectivity index (χ1) is 15.5. The van der Waals surface area contributed by atoms with Gasteiger partial charge in [0.2, 0.25) is 29.0 Å². The van der Waals surface area contributed by atoms with Gasteiger partial charge >= 0.3 is 0 Å². The molecular formula is C25H20ClNO5. The lowest BCUT2D eigenvalue weighted by Crippen LogP contribution is -2.51. The lowest BCUT2D eigenvalue weighted by molar-refractivity contribution is -0.147. The second-order valence-corrected chi connectivity index (χ2v) is 9.39. The third-order valence-corrected chi connectivity index (χ3v) is 7.80. The third kappa shape index (κ3) is 2.34. The van der Waals surface area contributed by atoms with Gasteiger partial charge in [-0.1, -0.05) is 66.9 Å². The molecule has 2 heterocycles. The first-order valence-electron chi connectivity index (χ1n) is 10.9. The molecule has 1 saturated carbocycles. The van der Waals surface area contributed by atoms with Crippen LogP contribution in [0.1, 0.15) is 58.1 Å². The molecule has 32 heavy (non-hydrogen) atoms. The maximum Gasteiger partial charge on any atom is 0.237 e. The van der Waals surface area contributed by atoms with E-state index in [1.165, 1.54) is 4.90 Å². The largest absolute Gasteiger partial charge is 0.349 e. The molecule has 162 valence electrons. The average Bonchev–Trinajstić information content (AvgIpc) is 3.53. The second kappa shape index (κ2) is 6.83. The first-order valence-corrected chi connectivity index (χ1v) is 11.3. The normalized spacial score (nSPS) is 28.8. The van der Waals surface area contributed by atoms with Crippen molar-refractivity contribution in [2.75, 3.05) is 0 Å². The van der Waals surface area contributed by atoms with E-state index in [0.29, 0.717) is 10.6 Å². The number of ether oxygens (including phenoxy) is 1. The van der Waals surface area contributed by atoms with Gasteiger partial charge in [-0.15, -0.1) is 0 Å². The quantitative estimate of drug-likeness (QED) is 0.515. The number of rotatable bonds is 2. The van der Waals surface area contributed by atoms with Crippen LogP contribution in [0.15, 0.2) is 48.5 Å². The van der Waals surface area contributed by atoms with E-state index in [9.17, 15) is 19.2 Å². The van der Waals surface area contributed by atoms with Gasteiger partial charge < -0.3 is 4.74 Å². The monoisotopic (exact) mass is 449 g/mol. The molecule has 1 spiro atoms. The summed E-state index contributed by atoms with van der Waals surface area (Å²) in [5, 5.41) is 0.364. The maximum absolute atomic E-state index is 13.7. The van der Waals surface area contributed by atoms with Gasteiger partial charge in [-0.3, -0.25) is 24.1 Å². The molecule has 7 heteroatoms. The summed E-state index contributed by atoms with van der Waals surface area (Å²) in [6.07, 6.45) is 2.40. The summed E-state index contributed by atoms with van der Waals surface area (Å²) >= 11 is 6.44. The van der Waals surface area contributed by atoms with Crippen LogP contribution in [0, 0.1) is 11.8 Å². The predicted molar refractivity (Wildman–Crippen MR) is 114 cm³/mol. The lowest BCUT2D eigenvalue weighted by Gasteiger charge is -2.29.